The van der Waals surface area contributed by atoms with Gasteiger partial charge in [-0.15, -0.1) is 11.3 Å². The summed E-state index contributed by atoms with van der Waals surface area (Å²) < 4.78 is 42.9. The molecule has 18 heteroatoms. The third-order valence-corrected chi connectivity index (χ3v) is 13.9. The SMILES string of the molecule is CC(C)n1c(OC2CC3C(=O)NC4(C(=O)NS(=O)(=O)N(C)C)CC4C=CCCCCCC(NC(=O)OC(C)(C)C)C(=O)N3C2)nc2c(-c3nc(Cc4ccccc4)cs3)cccc21. The molecule has 2 aliphatic heterocycles. The van der Waals surface area contributed by atoms with Gasteiger partial charge in [0.15, 0.2) is 0 Å². The molecule has 7 rings (SSSR count). The van der Waals surface area contributed by atoms with Crippen LogP contribution in [0.5, 0.6) is 6.01 Å². The Balaban J connectivity index is 1.21. The number of nitrogens with zero attached hydrogens (tertiary/aromatic N) is 5. The van der Waals surface area contributed by atoms with E-state index in [1.54, 1.807) is 32.1 Å². The number of para-hydroxylation sites is 1. The summed E-state index contributed by atoms with van der Waals surface area (Å²) in [5, 5.41) is 8.52. The number of fused-ring (bicyclic) bond motifs is 3. The molecule has 16 nitrogen and oxygen atoms in total. The lowest BCUT2D eigenvalue weighted by Crippen LogP contribution is -2.58. The number of nitrogens with one attached hydrogen (secondary N) is 3. The second kappa shape index (κ2) is 18.4. The summed E-state index contributed by atoms with van der Waals surface area (Å²) in [5.74, 6) is -2.50. The first kappa shape index (κ1) is 45.7. The van der Waals surface area contributed by atoms with E-state index >= 15 is 0 Å². The Bertz CT molecular complexity index is 2480. The molecule has 2 aromatic carbocycles. The molecule has 4 aromatic rings. The molecule has 4 amide bonds. The Kier molecular flexibility index (Phi) is 13.4. The first-order chi connectivity index (χ1) is 29.8. The first-order valence-electron chi connectivity index (χ1n) is 21.5. The lowest BCUT2D eigenvalue weighted by Gasteiger charge is -2.30. The van der Waals surface area contributed by atoms with E-state index in [0.717, 1.165) is 44.5 Å². The van der Waals surface area contributed by atoms with Crippen LogP contribution in [0.15, 0.2) is 66.1 Å². The molecule has 1 aliphatic carbocycles. The van der Waals surface area contributed by atoms with Crippen LogP contribution in [0.3, 0.4) is 0 Å². The van der Waals surface area contributed by atoms with Crippen molar-refractivity contribution in [2.45, 2.75) is 121 Å². The fourth-order valence-electron chi connectivity index (χ4n) is 8.23. The molecular weight excluding hydrogens is 845 g/mol. The standard InChI is InChI=1S/C45H58N8O8S2/c1-28(2)53-35-22-16-20-33(39-46-31(27-62-39)23-29-17-12-11-13-18-29)37(35)48-42(53)60-32-24-36-38(54)49-45(41(56)50-63(58,59)51(6)7)25-30(45)19-14-9-8-10-15-21-34(40(55)52(36)26-32)47-43(57)61-44(3,4)5/h11-14,16-20,22,27-28,30,32,34,36H,8-10,15,21,23-26H2,1-7H3,(H,47,57)(H,49,54)(H,50,56). The fourth-order valence-corrected chi connectivity index (χ4v) is 9.68. The second-order valence-electron chi connectivity index (χ2n) is 18.1. The molecule has 63 heavy (non-hydrogen) atoms. The van der Waals surface area contributed by atoms with Gasteiger partial charge in [0.1, 0.15) is 39.9 Å². The maximum atomic E-state index is 14.7. The zero-order valence-corrected chi connectivity index (χ0v) is 38.6. The lowest BCUT2D eigenvalue weighted by atomic mass is 10.0. The van der Waals surface area contributed by atoms with Gasteiger partial charge in [-0.25, -0.2) is 14.5 Å². The number of thiazole rings is 1. The quantitative estimate of drug-likeness (QED) is 0.162. The lowest BCUT2D eigenvalue weighted by molar-refractivity contribution is -0.141. The van der Waals surface area contributed by atoms with Gasteiger partial charge in [-0.05, 0) is 78.0 Å². The highest BCUT2D eigenvalue weighted by atomic mass is 32.2. The average Bonchev–Trinajstić information content (AvgIpc) is 3.53. The summed E-state index contributed by atoms with van der Waals surface area (Å²) in [6.07, 6.45) is 6.26. The molecule has 0 bridgehead atoms. The topological polar surface area (TPSA) is 194 Å². The molecule has 338 valence electrons. The second-order valence-corrected chi connectivity index (χ2v) is 20.8. The molecule has 2 fully saturated rings. The minimum atomic E-state index is -4.19. The van der Waals surface area contributed by atoms with E-state index in [1.807, 2.05) is 67.0 Å². The maximum Gasteiger partial charge on any atom is 0.408 e. The molecule has 0 radical (unpaired) electrons. The van der Waals surface area contributed by atoms with E-state index in [4.69, 9.17) is 19.4 Å². The Hall–Kier alpha value is -5.33. The van der Waals surface area contributed by atoms with E-state index in [1.165, 1.54) is 19.0 Å². The van der Waals surface area contributed by atoms with Crippen molar-refractivity contribution < 1.29 is 37.1 Å². The van der Waals surface area contributed by atoms with Crippen molar-refractivity contribution in [3.8, 4) is 16.6 Å². The zero-order chi connectivity index (χ0) is 45.3. The van der Waals surface area contributed by atoms with Crippen molar-refractivity contribution in [3.63, 3.8) is 0 Å². The van der Waals surface area contributed by atoms with Gasteiger partial charge in [-0.2, -0.15) is 17.7 Å². The van der Waals surface area contributed by atoms with Gasteiger partial charge in [0.25, 0.3) is 11.9 Å². The number of alkyl carbamates (subject to hydrolysis) is 1. The highest BCUT2D eigenvalue weighted by Gasteiger charge is 2.62. The minimum absolute atomic E-state index is 0.0222. The third-order valence-electron chi connectivity index (χ3n) is 11.5. The number of allylic oxidation sites excluding steroid dienone is 1. The first-order valence-corrected chi connectivity index (χ1v) is 23.9. The molecule has 5 atom stereocenters. The average molecular weight is 903 g/mol. The number of hydrogen-bond acceptors (Lipinski definition) is 11. The molecular formula is C45H58N8O8S2. The molecule has 1 saturated carbocycles. The van der Waals surface area contributed by atoms with Gasteiger partial charge < -0.3 is 25.0 Å². The van der Waals surface area contributed by atoms with Crippen LogP contribution in [-0.4, -0.2) is 106 Å². The van der Waals surface area contributed by atoms with E-state index in [-0.39, 0.29) is 25.4 Å². The number of carbonyl (C=O) groups is 4. The van der Waals surface area contributed by atoms with Gasteiger partial charge >= 0.3 is 16.3 Å². The Morgan fingerprint density at radius 1 is 1.05 bits per heavy atom. The van der Waals surface area contributed by atoms with Crippen LogP contribution < -0.4 is 20.1 Å². The smallest absolute Gasteiger partial charge is 0.408 e. The molecule has 0 spiro atoms. The summed E-state index contributed by atoms with van der Waals surface area (Å²) in [6.45, 7) is 9.20. The highest BCUT2D eigenvalue weighted by molar-refractivity contribution is 7.87. The van der Waals surface area contributed by atoms with Crippen molar-refractivity contribution in [3.05, 3.63) is 77.3 Å². The van der Waals surface area contributed by atoms with Crippen molar-refractivity contribution >= 4 is 56.4 Å². The largest absolute Gasteiger partial charge is 0.459 e. The van der Waals surface area contributed by atoms with E-state index < -0.39 is 69.3 Å². The van der Waals surface area contributed by atoms with Crippen LogP contribution in [0.1, 0.15) is 96.9 Å². The number of rotatable bonds is 10. The monoisotopic (exact) mass is 902 g/mol. The number of benzene rings is 2. The number of imidazole rings is 1. The zero-order valence-electron chi connectivity index (χ0n) is 36.9. The third kappa shape index (κ3) is 10.4. The van der Waals surface area contributed by atoms with Gasteiger partial charge in [-0.3, -0.25) is 19.0 Å². The molecule has 4 heterocycles. The molecule has 1 saturated heterocycles. The Morgan fingerprint density at radius 3 is 2.52 bits per heavy atom. The van der Waals surface area contributed by atoms with Crippen LogP contribution in [0.2, 0.25) is 0 Å². The molecule has 2 aromatic heterocycles. The van der Waals surface area contributed by atoms with Crippen LogP contribution in [0.4, 0.5) is 4.79 Å². The van der Waals surface area contributed by atoms with E-state index in [2.05, 4.69) is 32.9 Å². The van der Waals surface area contributed by atoms with Crippen LogP contribution in [0, 0.1) is 5.92 Å². The Morgan fingerprint density at radius 2 is 1.81 bits per heavy atom. The van der Waals surface area contributed by atoms with Crippen molar-refractivity contribution in [2.24, 2.45) is 5.92 Å². The number of ether oxygens (including phenoxy) is 2. The number of aromatic nitrogens is 3. The van der Waals surface area contributed by atoms with Gasteiger partial charge in [0, 0.05) is 49.8 Å². The van der Waals surface area contributed by atoms with Crippen molar-refractivity contribution in [1.82, 2.24) is 39.1 Å². The van der Waals surface area contributed by atoms with Gasteiger partial charge in [0.2, 0.25) is 11.8 Å². The van der Waals surface area contributed by atoms with Crippen LogP contribution >= 0.6 is 11.3 Å². The minimum Gasteiger partial charge on any atom is -0.459 e. The summed E-state index contributed by atoms with van der Waals surface area (Å²) in [5.41, 5.74) is 2.08. The normalized spacial score (nSPS) is 23.4. The predicted octanol–water partition coefficient (Wildman–Crippen LogP) is 5.89. The molecule has 5 unspecified atom stereocenters. The number of hydrogen-bond donors (Lipinski definition) is 3. The van der Waals surface area contributed by atoms with Crippen LogP contribution in [0.25, 0.3) is 21.6 Å². The molecule has 3 N–H and O–H groups in total. The molecule has 3 aliphatic rings. The number of carbonyl (C=O) groups excluding carboxylic acids is 4. The van der Waals surface area contributed by atoms with Crippen molar-refractivity contribution in [2.75, 3.05) is 20.6 Å². The van der Waals surface area contributed by atoms with E-state index in [9.17, 15) is 27.6 Å². The van der Waals surface area contributed by atoms with Crippen LogP contribution in [-0.2, 0) is 35.8 Å². The van der Waals surface area contributed by atoms with Gasteiger partial charge in [0.05, 0.1) is 17.8 Å². The summed E-state index contributed by atoms with van der Waals surface area (Å²) >= 11 is 1.54. The highest BCUT2D eigenvalue weighted by Crippen LogP contribution is 2.46. The van der Waals surface area contributed by atoms with E-state index in [0.29, 0.717) is 37.2 Å². The Labute approximate surface area is 373 Å². The fraction of sp³-hybridized carbons (Fsp3) is 0.511. The summed E-state index contributed by atoms with van der Waals surface area (Å²) in [6, 6.07) is 14.1. The summed E-state index contributed by atoms with van der Waals surface area (Å²) in [4.78, 5) is 67.7. The van der Waals surface area contributed by atoms with Crippen molar-refractivity contribution in [1.29, 1.82) is 0 Å². The number of amides is 4. The summed E-state index contributed by atoms with van der Waals surface area (Å²) in [7, 11) is -1.59. The van der Waals surface area contributed by atoms with Gasteiger partial charge in [-0.1, -0.05) is 61.4 Å². The predicted molar refractivity (Wildman–Crippen MR) is 240 cm³/mol. The maximum absolute atomic E-state index is 14.7.